The lowest BCUT2D eigenvalue weighted by Gasteiger charge is -2.12. The number of hydrogen-bond donors (Lipinski definition) is 0. The third kappa shape index (κ3) is 4.98. The molecule has 30 heavy (non-hydrogen) atoms. The molecule has 2 aromatic rings. The summed E-state index contributed by atoms with van der Waals surface area (Å²) in [4.78, 5) is 25.1. The van der Waals surface area contributed by atoms with Crippen LogP contribution in [-0.2, 0) is 4.79 Å². The first-order chi connectivity index (χ1) is 14.4. The number of nitro groups is 1. The number of thioether (sulfide) groups is 1. The Morgan fingerprint density at radius 1 is 1.17 bits per heavy atom. The first-order valence-electron chi connectivity index (χ1n) is 9.25. The summed E-state index contributed by atoms with van der Waals surface area (Å²) in [7, 11) is 0. The maximum Gasteiger partial charge on any atom is 0.270 e. The van der Waals surface area contributed by atoms with E-state index in [4.69, 9.17) is 21.7 Å². The molecule has 1 aliphatic heterocycles. The van der Waals surface area contributed by atoms with Crippen LogP contribution in [0.1, 0.15) is 18.1 Å². The number of nitro benzene ring substituents is 1. The summed E-state index contributed by atoms with van der Waals surface area (Å²) in [5.74, 6) is 0.983. The molecule has 1 saturated heterocycles. The van der Waals surface area contributed by atoms with E-state index in [2.05, 4.69) is 0 Å². The van der Waals surface area contributed by atoms with Gasteiger partial charge in [0.15, 0.2) is 0 Å². The van der Waals surface area contributed by atoms with Crippen molar-refractivity contribution in [2.45, 2.75) is 13.8 Å². The van der Waals surface area contributed by atoms with Crippen molar-refractivity contribution in [1.29, 1.82) is 0 Å². The zero-order valence-electron chi connectivity index (χ0n) is 16.5. The maximum atomic E-state index is 12.5. The molecule has 0 saturated carbocycles. The Labute approximate surface area is 183 Å². The van der Waals surface area contributed by atoms with E-state index in [0.29, 0.717) is 33.7 Å². The van der Waals surface area contributed by atoms with Gasteiger partial charge in [-0.05, 0) is 37.6 Å². The van der Waals surface area contributed by atoms with E-state index in [1.165, 1.54) is 34.9 Å². The number of hydrogen-bond acceptors (Lipinski definition) is 7. The summed E-state index contributed by atoms with van der Waals surface area (Å²) < 4.78 is 12.0. The van der Waals surface area contributed by atoms with Crippen molar-refractivity contribution >= 4 is 46.0 Å². The summed E-state index contributed by atoms with van der Waals surface area (Å²) in [6.07, 6.45) is 1.58. The van der Waals surface area contributed by atoms with Gasteiger partial charge in [0, 0.05) is 24.2 Å². The van der Waals surface area contributed by atoms with Crippen LogP contribution in [0.5, 0.6) is 11.5 Å². The van der Waals surface area contributed by atoms with E-state index in [1.807, 2.05) is 38.1 Å². The summed E-state index contributed by atoms with van der Waals surface area (Å²) >= 11 is 6.39. The molecule has 0 atom stereocenters. The Balaban J connectivity index is 1.77. The number of benzene rings is 2. The van der Waals surface area contributed by atoms with Crippen molar-refractivity contribution in [3.8, 4) is 11.5 Å². The van der Waals surface area contributed by atoms with E-state index in [0.717, 1.165) is 11.3 Å². The van der Waals surface area contributed by atoms with Gasteiger partial charge < -0.3 is 9.47 Å². The van der Waals surface area contributed by atoms with Gasteiger partial charge in [0.2, 0.25) is 0 Å². The number of rotatable bonds is 8. The second kappa shape index (κ2) is 9.73. The molecule has 156 valence electrons. The number of carbonyl (C=O) groups is 1. The standard InChI is InChI=1S/C21H20N2O5S2/c1-3-22-20(24)19(30-21(22)29)13-15-12-16(23(25)26)8-9-18(15)28-11-10-27-17-7-5-4-6-14(17)2/h4-9,12-13H,3,10-11H2,1-2H3. The molecular weight excluding hydrogens is 424 g/mol. The Kier molecular flexibility index (Phi) is 7.07. The second-order valence-corrected chi connectivity index (χ2v) is 8.04. The minimum atomic E-state index is -0.486. The first-order valence-corrected chi connectivity index (χ1v) is 10.5. The van der Waals surface area contributed by atoms with Gasteiger partial charge >= 0.3 is 0 Å². The lowest BCUT2D eigenvalue weighted by atomic mass is 10.1. The Bertz CT molecular complexity index is 1020. The average Bonchev–Trinajstić information content (AvgIpc) is 2.99. The van der Waals surface area contributed by atoms with Crippen molar-refractivity contribution in [2.24, 2.45) is 0 Å². The van der Waals surface area contributed by atoms with Gasteiger partial charge in [-0.3, -0.25) is 19.8 Å². The van der Waals surface area contributed by atoms with Crippen LogP contribution in [-0.4, -0.2) is 39.8 Å². The predicted molar refractivity (Wildman–Crippen MR) is 121 cm³/mol. The van der Waals surface area contributed by atoms with Gasteiger partial charge in [-0.1, -0.05) is 42.2 Å². The smallest absolute Gasteiger partial charge is 0.270 e. The topological polar surface area (TPSA) is 81.9 Å². The maximum absolute atomic E-state index is 12.5. The largest absolute Gasteiger partial charge is 0.490 e. The van der Waals surface area contributed by atoms with E-state index in [-0.39, 0.29) is 18.2 Å². The highest BCUT2D eigenvalue weighted by molar-refractivity contribution is 8.26. The Morgan fingerprint density at radius 2 is 1.87 bits per heavy atom. The lowest BCUT2D eigenvalue weighted by molar-refractivity contribution is -0.384. The fourth-order valence-corrected chi connectivity index (χ4v) is 4.20. The molecule has 3 rings (SSSR count). The van der Waals surface area contributed by atoms with Crippen LogP contribution in [0.25, 0.3) is 6.08 Å². The van der Waals surface area contributed by atoms with Gasteiger partial charge in [-0.15, -0.1) is 0 Å². The second-order valence-electron chi connectivity index (χ2n) is 6.37. The normalized spacial score (nSPS) is 15.0. The molecule has 1 aliphatic rings. The molecule has 0 bridgehead atoms. The third-order valence-corrected chi connectivity index (χ3v) is 5.75. The highest BCUT2D eigenvalue weighted by atomic mass is 32.2. The first kappa shape index (κ1) is 21.8. The minimum Gasteiger partial charge on any atom is -0.490 e. The van der Waals surface area contributed by atoms with E-state index in [1.54, 1.807) is 6.08 Å². The number of para-hydroxylation sites is 1. The molecule has 7 nitrogen and oxygen atoms in total. The minimum absolute atomic E-state index is 0.0873. The molecule has 0 aromatic heterocycles. The number of amides is 1. The van der Waals surface area contributed by atoms with Crippen LogP contribution in [0.4, 0.5) is 5.69 Å². The summed E-state index contributed by atoms with van der Waals surface area (Å²) in [6.45, 7) is 4.81. The van der Waals surface area contributed by atoms with E-state index >= 15 is 0 Å². The molecule has 0 radical (unpaired) electrons. The van der Waals surface area contributed by atoms with Crippen LogP contribution in [0.3, 0.4) is 0 Å². The summed E-state index contributed by atoms with van der Waals surface area (Å²) in [6, 6.07) is 11.9. The van der Waals surface area contributed by atoms with Crippen molar-refractivity contribution in [3.05, 3.63) is 68.6 Å². The lowest BCUT2D eigenvalue weighted by Crippen LogP contribution is -2.27. The summed E-state index contributed by atoms with van der Waals surface area (Å²) in [5.41, 5.74) is 1.37. The van der Waals surface area contributed by atoms with Crippen molar-refractivity contribution in [3.63, 3.8) is 0 Å². The van der Waals surface area contributed by atoms with Crippen molar-refractivity contribution in [2.75, 3.05) is 19.8 Å². The highest BCUT2D eigenvalue weighted by Crippen LogP contribution is 2.35. The molecule has 1 heterocycles. The monoisotopic (exact) mass is 444 g/mol. The molecule has 0 aliphatic carbocycles. The van der Waals surface area contributed by atoms with Gasteiger partial charge in [-0.25, -0.2) is 0 Å². The number of aryl methyl sites for hydroxylation is 1. The molecular formula is C21H20N2O5S2. The third-order valence-electron chi connectivity index (χ3n) is 4.37. The van der Waals surface area contributed by atoms with Crippen molar-refractivity contribution in [1.82, 2.24) is 4.90 Å². The van der Waals surface area contributed by atoms with Gasteiger partial charge in [0.1, 0.15) is 29.0 Å². The number of thiocarbonyl (C=S) groups is 1. The van der Waals surface area contributed by atoms with Gasteiger partial charge in [0.25, 0.3) is 11.6 Å². The van der Waals surface area contributed by atoms with Crippen LogP contribution in [0.15, 0.2) is 47.4 Å². The molecule has 2 aromatic carbocycles. The molecule has 0 unspecified atom stereocenters. The Morgan fingerprint density at radius 3 is 2.50 bits per heavy atom. The molecule has 1 amide bonds. The number of carbonyl (C=O) groups excluding carboxylic acids is 1. The van der Waals surface area contributed by atoms with Crippen LogP contribution < -0.4 is 9.47 Å². The number of likely N-dealkylation sites (N-methyl/N-ethyl adjacent to an activating group) is 1. The van der Waals surface area contributed by atoms with Gasteiger partial charge in [-0.2, -0.15) is 0 Å². The molecule has 0 spiro atoms. The number of ether oxygens (including phenoxy) is 2. The Hall–Kier alpha value is -2.91. The van der Waals surface area contributed by atoms with Gasteiger partial charge in [0.05, 0.1) is 9.83 Å². The SMILES string of the molecule is CCN1C(=O)C(=Cc2cc([N+](=O)[O-])ccc2OCCOc2ccccc2C)SC1=S. The van der Waals surface area contributed by atoms with Crippen LogP contribution in [0, 0.1) is 17.0 Å². The molecule has 9 heteroatoms. The van der Waals surface area contributed by atoms with E-state index < -0.39 is 4.92 Å². The van der Waals surface area contributed by atoms with Crippen molar-refractivity contribution < 1.29 is 19.2 Å². The number of nitrogens with zero attached hydrogens (tertiary/aromatic N) is 2. The quantitative estimate of drug-likeness (QED) is 0.194. The van der Waals surface area contributed by atoms with Crippen LogP contribution in [0.2, 0.25) is 0 Å². The highest BCUT2D eigenvalue weighted by Gasteiger charge is 2.31. The predicted octanol–water partition coefficient (Wildman–Crippen LogP) is 4.58. The zero-order valence-corrected chi connectivity index (χ0v) is 18.1. The summed E-state index contributed by atoms with van der Waals surface area (Å²) in [5, 5.41) is 11.2. The number of non-ortho nitro benzene ring substituents is 1. The van der Waals surface area contributed by atoms with E-state index in [9.17, 15) is 14.9 Å². The zero-order chi connectivity index (χ0) is 21.7. The fraction of sp³-hybridized carbons (Fsp3) is 0.238. The fourth-order valence-electron chi connectivity index (χ4n) is 2.83. The molecule has 1 fully saturated rings. The average molecular weight is 445 g/mol. The molecule has 0 N–H and O–H groups in total. The van der Waals surface area contributed by atoms with Crippen LogP contribution >= 0.6 is 24.0 Å².